The summed E-state index contributed by atoms with van der Waals surface area (Å²) in [5, 5.41) is 7.24. The zero-order chi connectivity index (χ0) is 22.9. The molecule has 174 valence electrons. The van der Waals surface area contributed by atoms with Crippen molar-refractivity contribution in [2.45, 2.75) is 38.5 Å². The first-order valence-corrected chi connectivity index (χ1v) is 12.8. The van der Waals surface area contributed by atoms with E-state index < -0.39 is 0 Å². The highest BCUT2D eigenvalue weighted by atomic mass is 32.2. The Labute approximate surface area is 200 Å². The fraction of sp³-hybridized carbons (Fsp3) is 0.423. The number of carbonyl (C=O) groups excluding carboxylic acids is 1. The van der Waals surface area contributed by atoms with Gasteiger partial charge in [0.2, 0.25) is 17.6 Å². The Balaban J connectivity index is 1.16. The van der Waals surface area contributed by atoms with Crippen LogP contribution in [0.3, 0.4) is 0 Å². The molecule has 1 aliphatic heterocycles. The predicted octanol–water partition coefficient (Wildman–Crippen LogP) is 4.70. The number of likely N-dealkylation sites (tertiary alicyclic amines) is 1. The molecular weight excluding hydrogens is 432 g/mol. The van der Waals surface area contributed by atoms with Crippen LogP contribution in [0.4, 0.5) is 0 Å². The van der Waals surface area contributed by atoms with Gasteiger partial charge >= 0.3 is 0 Å². The zero-order valence-corrected chi connectivity index (χ0v) is 20.0. The summed E-state index contributed by atoms with van der Waals surface area (Å²) in [6, 6.07) is 18.3. The molecule has 2 aromatic carbocycles. The highest BCUT2D eigenvalue weighted by Crippen LogP contribution is 2.21. The van der Waals surface area contributed by atoms with Gasteiger partial charge in [0.05, 0.1) is 12.5 Å². The molecule has 1 N–H and O–H groups in total. The quantitative estimate of drug-likeness (QED) is 0.439. The van der Waals surface area contributed by atoms with Gasteiger partial charge in [0, 0.05) is 24.4 Å². The van der Waals surface area contributed by atoms with Crippen molar-refractivity contribution in [1.82, 2.24) is 20.4 Å². The topological polar surface area (TPSA) is 71.3 Å². The molecule has 1 aliphatic rings. The molecule has 33 heavy (non-hydrogen) atoms. The van der Waals surface area contributed by atoms with E-state index in [2.05, 4.69) is 51.5 Å². The van der Waals surface area contributed by atoms with Gasteiger partial charge in [-0.3, -0.25) is 9.69 Å². The maximum atomic E-state index is 12.7. The molecule has 2 heterocycles. The number of aryl methyl sites for hydroxylation is 1. The number of thioether (sulfide) groups is 1. The summed E-state index contributed by atoms with van der Waals surface area (Å²) in [6.45, 7) is 5.16. The van der Waals surface area contributed by atoms with Crippen LogP contribution in [0.25, 0.3) is 11.4 Å². The van der Waals surface area contributed by atoms with Gasteiger partial charge < -0.3 is 9.84 Å². The molecule has 1 saturated heterocycles. The van der Waals surface area contributed by atoms with Crippen LogP contribution in [-0.4, -0.2) is 46.3 Å². The lowest BCUT2D eigenvalue weighted by molar-refractivity contribution is -0.126. The van der Waals surface area contributed by atoms with Crippen LogP contribution in [0.5, 0.6) is 0 Å². The molecule has 1 fully saturated rings. The van der Waals surface area contributed by atoms with Crippen LogP contribution in [0.15, 0.2) is 59.1 Å². The first kappa shape index (κ1) is 23.5. The summed E-state index contributed by atoms with van der Waals surface area (Å²) >= 11 is 1.93. The summed E-state index contributed by atoms with van der Waals surface area (Å²) in [6.07, 6.45) is 2.93. The van der Waals surface area contributed by atoms with Crippen molar-refractivity contribution in [3.63, 3.8) is 0 Å². The van der Waals surface area contributed by atoms with Crippen LogP contribution in [0.2, 0.25) is 0 Å². The van der Waals surface area contributed by atoms with Crippen LogP contribution in [0, 0.1) is 12.8 Å². The van der Waals surface area contributed by atoms with Crippen molar-refractivity contribution in [1.29, 1.82) is 0 Å². The standard InChI is InChI=1S/C26H32N4O2S/c1-20-9-5-6-12-23(20)19-33-16-8-14-27-26(31)22-13-7-15-30(17-22)18-24-28-25(29-32-24)21-10-3-2-4-11-21/h2-6,9-12,22H,7-8,13-19H2,1H3,(H,27,31). The van der Waals surface area contributed by atoms with Crippen molar-refractivity contribution in [2.24, 2.45) is 5.92 Å². The van der Waals surface area contributed by atoms with E-state index >= 15 is 0 Å². The zero-order valence-electron chi connectivity index (χ0n) is 19.2. The summed E-state index contributed by atoms with van der Waals surface area (Å²) in [5.74, 6) is 3.47. The number of carbonyl (C=O) groups is 1. The number of hydrogen-bond donors (Lipinski definition) is 1. The Kier molecular flexibility index (Phi) is 8.55. The molecule has 0 saturated carbocycles. The fourth-order valence-electron chi connectivity index (χ4n) is 4.11. The third-order valence-corrected chi connectivity index (χ3v) is 7.11. The number of nitrogens with one attached hydrogen (secondary N) is 1. The number of nitrogens with zero attached hydrogens (tertiary/aromatic N) is 3. The number of rotatable bonds is 10. The third kappa shape index (κ3) is 6.92. The largest absolute Gasteiger partial charge is 0.356 e. The molecule has 1 atom stereocenters. The van der Waals surface area contributed by atoms with Crippen LogP contribution >= 0.6 is 11.8 Å². The van der Waals surface area contributed by atoms with E-state index in [-0.39, 0.29) is 11.8 Å². The first-order valence-electron chi connectivity index (χ1n) is 11.7. The van der Waals surface area contributed by atoms with Gasteiger partial charge in [-0.15, -0.1) is 0 Å². The number of aromatic nitrogens is 2. The van der Waals surface area contributed by atoms with E-state index in [1.165, 1.54) is 11.1 Å². The Bertz CT molecular complexity index is 1020. The lowest BCUT2D eigenvalue weighted by Gasteiger charge is -2.30. The number of piperidine rings is 1. The Morgan fingerprint density at radius 3 is 2.85 bits per heavy atom. The molecule has 7 heteroatoms. The first-order chi connectivity index (χ1) is 16.2. The third-order valence-electron chi connectivity index (χ3n) is 6.02. The van der Waals surface area contributed by atoms with Gasteiger partial charge in [-0.25, -0.2) is 0 Å². The molecule has 1 unspecified atom stereocenters. The van der Waals surface area contributed by atoms with Gasteiger partial charge in [0.25, 0.3) is 0 Å². The van der Waals surface area contributed by atoms with Crippen molar-refractivity contribution in [3.05, 3.63) is 71.6 Å². The highest BCUT2D eigenvalue weighted by molar-refractivity contribution is 7.98. The van der Waals surface area contributed by atoms with E-state index in [0.717, 1.165) is 56.0 Å². The minimum atomic E-state index is 0.0230. The second-order valence-electron chi connectivity index (χ2n) is 8.58. The number of amides is 1. The predicted molar refractivity (Wildman–Crippen MR) is 133 cm³/mol. The summed E-state index contributed by atoms with van der Waals surface area (Å²) in [4.78, 5) is 19.5. The summed E-state index contributed by atoms with van der Waals surface area (Å²) in [5.41, 5.74) is 3.68. The van der Waals surface area contributed by atoms with E-state index in [0.29, 0.717) is 18.3 Å². The molecule has 1 amide bonds. The van der Waals surface area contributed by atoms with E-state index in [1.807, 2.05) is 42.1 Å². The van der Waals surface area contributed by atoms with Crippen molar-refractivity contribution in [2.75, 3.05) is 25.4 Å². The highest BCUT2D eigenvalue weighted by Gasteiger charge is 2.26. The van der Waals surface area contributed by atoms with Crippen molar-refractivity contribution < 1.29 is 9.32 Å². The minimum absolute atomic E-state index is 0.0230. The van der Waals surface area contributed by atoms with Crippen LogP contribution in [-0.2, 0) is 17.1 Å². The molecule has 4 rings (SSSR count). The van der Waals surface area contributed by atoms with E-state index in [4.69, 9.17) is 4.52 Å². The number of hydrogen-bond acceptors (Lipinski definition) is 6. The van der Waals surface area contributed by atoms with Gasteiger partial charge in [0.1, 0.15) is 0 Å². The second kappa shape index (κ2) is 12.0. The van der Waals surface area contributed by atoms with Crippen LogP contribution in [0.1, 0.15) is 36.3 Å². The average Bonchev–Trinajstić information content (AvgIpc) is 3.31. The van der Waals surface area contributed by atoms with Gasteiger partial charge in [-0.05, 0) is 49.6 Å². The molecular formula is C26H32N4O2S. The molecule has 0 spiro atoms. The molecule has 6 nitrogen and oxygen atoms in total. The molecule has 1 aromatic heterocycles. The van der Waals surface area contributed by atoms with Crippen LogP contribution < -0.4 is 5.32 Å². The molecule has 3 aromatic rings. The van der Waals surface area contributed by atoms with E-state index in [9.17, 15) is 4.79 Å². The summed E-state index contributed by atoms with van der Waals surface area (Å²) < 4.78 is 5.45. The number of benzene rings is 2. The minimum Gasteiger partial charge on any atom is -0.356 e. The Morgan fingerprint density at radius 2 is 2.00 bits per heavy atom. The molecule has 0 aliphatic carbocycles. The Hall–Kier alpha value is -2.64. The lowest BCUT2D eigenvalue weighted by atomic mass is 9.97. The van der Waals surface area contributed by atoms with Gasteiger partial charge in [-0.1, -0.05) is 59.8 Å². The second-order valence-corrected chi connectivity index (χ2v) is 9.68. The van der Waals surface area contributed by atoms with Crippen molar-refractivity contribution in [3.8, 4) is 11.4 Å². The normalized spacial score (nSPS) is 16.6. The maximum Gasteiger partial charge on any atom is 0.241 e. The molecule has 0 bridgehead atoms. The SMILES string of the molecule is Cc1ccccc1CSCCCNC(=O)C1CCCN(Cc2nc(-c3ccccc3)no2)C1. The maximum absolute atomic E-state index is 12.7. The van der Waals surface area contributed by atoms with Gasteiger partial charge in [0.15, 0.2) is 0 Å². The smallest absolute Gasteiger partial charge is 0.241 e. The van der Waals surface area contributed by atoms with E-state index in [1.54, 1.807) is 0 Å². The fourth-order valence-corrected chi connectivity index (χ4v) is 5.15. The lowest BCUT2D eigenvalue weighted by Crippen LogP contribution is -2.43. The Morgan fingerprint density at radius 1 is 1.18 bits per heavy atom. The monoisotopic (exact) mass is 464 g/mol. The summed E-state index contributed by atoms with van der Waals surface area (Å²) in [7, 11) is 0. The van der Waals surface area contributed by atoms with Crippen molar-refractivity contribution >= 4 is 17.7 Å². The average molecular weight is 465 g/mol. The molecule has 0 radical (unpaired) electrons. The van der Waals surface area contributed by atoms with Gasteiger partial charge in [-0.2, -0.15) is 16.7 Å².